The molecular weight excluding hydrogens is 388 g/mol. The summed E-state index contributed by atoms with van der Waals surface area (Å²) in [6.07, 6.45) is 0.242. The molecule has 0 radical (unpaired) electrons. The van der Waals surface area contributed by atoms with Crippen molar-refractivity contribution in [2.24, 2.45) is 0 Å². The predicted molar refractivity (Wildman–Crippen MR) is 112 cm³/mol. The van der Waals surface area contributed by atoms with Gasteiger partial charge in [0.25, 0.3) is 0 Å². The Hall–Kier alpha value is -3.32. The van der Waals surface area contributed by atoms with Gasteiger partial charge in [-0.25, -0.2) is 4.98 Å². The van der Waals surface area contributed by atoms with Crippen molar-refractivity contribution in [3.05, 3.63) is 65.9 Å². The van der Waals surface area contributed by atoms with Crippen molar-refractivity contribution < 1.29 is 18.7 Å². The third kappa shape index (κ3) is 4.25. The van der Waals surface area contributed by atoms with Crippen LogP contribution >= 0.6 is 11.3 Å². The lowest BCUT2D eigenvalue weighted by atomic mass is 10.1. The van der Waals surface area contributed by atoms with Gasteiger partial charge in [0.15, 0.2) is 22.3 Å². The molecule has 148 valence electrons. The summed E-state index contributed by atoms with van der Waals surface area (Å²) in [7, 11) is 3.15. The van der Waals surface area contributed by atoms with E-state index in [0.29, 0.717) is 29.6 Å². The number of amides is 1. The predicted octanol–water partition coefficient (Wildman–Crippen LogP) is 4.43. The maximum atomic E-state index is 12.3. The number of benzene rings is 2. The molecule has 4 rings (SSSR count). The number of hydrogen-bond donors (Lipinski definition) is 1. The van der Waals surface area contributed by atoms with Gasteiger partial charge in [0, 0.05) is 0 Å². The van der Waals surface area contributed by atoms with Gasteiger partial charge >= 0.3 is 0 Å². The first-order valence-electron chi connectivity index (χ1n) is 9.08. The van der Waals surface area contributed by atoms with Gasteiger partial charge in [0.05, 0.1) is 37.4 Å². The first-order chi connectivity index (χ1) is 14.2. The number of ether oxygens (including phenoxy) is 2. The molecule has 2 heterocycles. The fourth-order valence-electron chi connectivity index (χ4n) is 2.99. The Morgan fingerprint density at radius 3 is 2.69 bits per heavy atom. The second-order valence-corrected chi connectivity index (χ2v) is 7.43. The van der Waals surface area contributed by atoms with Crippen LogP contribution in [0.5, 0.6) is 11.5 Å². The van der Waals surface area contributed by atoms with E-state index < -0.39 is 0 Å². The molecular formula is C22H20N2O4S. The highest BCUT2D eigenvalue weighted by Gasteiger charge is 2.12. The fraction of sp³-hybridized carbons (Fsp3) is 0.182. The molecule has 1 N–H and O–H groups in total. The molecule has 0 fully saturated rings. The van der Waals surface area contributed by atoms with E-state index in [1.165, 1.54) is 0 Å². The molecule has 7 heteroatoms. The molecule has 0 saturated carbocycles. The lowest BCUT2D eigenvalue weighted by molar-refractivity contribution is -0.120. The molecule has 0 unspecified atom stereocenters. The minimum atomic E-state index is -0.102. The minimum absolute atomic E-state index is 0.102. The second kappa shape index (κ2) is 8.36. The number of hydrogen-bond acceptors (Lipinski definition) is 6. The molecule has 0 saturated heterocycles. The maximum Gasteiger partial charge on any atom is 0.224 e. The fourth-order valence-corrected chi connectivity index (χ4v) is 3.92. The van der Waals surface area contributed by atoms with E-state index in [4.69, 9.17) is 13.9 Å². The van der Waals surface area contributed by atoms with E-state index in [1.54, 1.807) is 37.7 Å². The molecule has 29 heavy (non-hydrogen) atoms. The summed E-state index contributed by atoms with van der Waals surface area (Å²) >= 11 is 1.58. The Bertz CT molecular complexity index is 1120. The van der Waals surface area contributed by atoms with Gasteiger partial charge < -0.3 is 19.2 Å². The quantitative estimate of drug-likeness (QED) is 0.490. The van der Waals surface area contributed by atoms with Gasteiger partial charge in [-0.2, -0.15) is 0 Å². The highest BCUT2D eigenvalue weighted by atomic mass is 32.1. The van der Waals surface area contributed by atoms with Crippen LogP contribution in [0.1, 0.15) is 11.3 Å². The van der Waals surface area contributed by atoms with Crippen molar-refractivity contribution in [3.63, 3.8) is 0 Å². The highest BCUT2D eigenvalue weighted by molar-refractivity contribution is 7.21. The van der Waals surface area contributed by atoms with E-state index in [1.807, 2.05) is 42.5 Å². The van der Waals surface area contributed by atoms with Crippen molar-refractivity contribution in [3.8, 4) is 22.3 Å². The summed E-state index contributed by atoms with van der Waals surface area (Å²) in [6.45, 7) is 0.316. The number of nitrogens with zero attached hydrogens (tertiary/aromatic N) is 1. The zero-order valence-electron chi connectivity index (χ0n) is 16.1. The van der Waals surface area contributed by atoms with E-state index in [0.717, 1.165) is 20.8 Å². The molecule has 4 aromatic rings. The number of aromatic nitrogens is 1. The number of furan rings is 1. The SMILES string of the molecule is COc1ccc(CC(=O)NCc2ccc(-c3nc4ccccc4s3)o2)cc1OC. The van der Waals surface area contributed by atoms with Gasteiger partial charge in [-0.1, -0.05) is 18.2 Å². The highest BCUT2D eigenvalue weighted by Crippen LogP contribution is 2.31. The zero-order valence-corrected chi connectivity index (χ0v) is 16.9. The molecule has 0 atom stereocenters. The van der Waals surface area contributed by atoms with Gasteiger partial charge in [-0.05, 0) is 42.0 Å². The molecule has 0 aliphatic heterocycles. The first kappa shape index (κ1) is 19.0. The number of carbonyl (C=O) groups is 1. The van der Waals surface area contributed by atoms with E-state index in [-0.39, 0.29) is 12.3 Å². The normalized spacial score (nSPS) is 10.8. The summed E-state index contributed by atoms with van der Waals surface area (Å²) in [5, 5.41) is 3.71. The lowest BCUT2D eigenvalue weighted by Crippen LogP contribution is -2.24. The van der Waals surface area contributed by atoms with E-state index >= 15 is 0 Å². The summed E-state index contributed by atoms with van der Waals surface area (Å²) in [5.41, 5.74) is 1.79. The lowest BCUT2D eigenvalue weighted by Gasteiger charge is -2.09. The average molecular weight is 408 g/mol. The molecule has 0 aliphatic rings. The van der Waals surface area contributed by atoms with Crippen molar-refractivity contribution in [2.45, 2.75) is 13.0 Å². The molecule has 2 aromatic heterocycles. The Morgan fingerprint density at radius 2 is 1.90 bits per heavy atom. The number of nitrogens with one attached hydrogen (secondary N) is 1. The number of thiazole rings is 1. The Morgan fingerprint density at radius 1 is 1.07 bits per heavy atom. The molecule has 0 aliphatic carbocycles. The van der Waals surface area contributed by atoms with Crippen molar-refractivity contribution in [2.75, 3.05) is 14.2 Å². The Kier molecular flexibility index (Phi) is 5.48. The third-order valence-electron chi connectivity index (χ3n) is 4.44. The zero-order chi connectivity index (χ0) is 20.2. The maximum absolute atomic E-state index is 12.3. The number of fused-ring (bicyclic) bond motifs is 1. The van der Waals surface area contributed by atoms with Crippen LogP contribution in [0.2, 0.25) is 0 Å². The van der Waals surface area contributed by atoms with Crippen LogP contribution in [-0.2, 0) is 17.8 Å². The minimum Gasteiger partial charge on any atom is -0.493 e. The molecule has 0 bridgehead atoms. The van der Waals surface area contributed by atoms with E-state index in [9.17, 15) is 4.79 Å². The smallest absolute Gasteiger partial charge is 0.224 e. The molecule has 6 nitrogen and oxygen atoms in total. The molecule has 0 spiro atoms. The van der Waals surface area contributed by atoms with Crippen LogP contribution in [0.25, 0.3) is 21.0 Å². The Balaban J connectivity index is 1.37. The number of para-hydroxylation sites is 1. The summed E-state index contributed by atoms with van der Waals surface area (Å²) in [5.74, 6) is 2.52. The summed E-state index contributed by atoms with van der Waals surface area (Å²) < 4.78 is 17.5. The second-order valence-electron chi connectivity index (χ2n) is 6.40. The first-order valence-corrected chi connectivity index (χ1v) is 9.90. The van der Waals surface area contributed by atoms with Crippen molar-refractivity contribution >= 4 is 27.5 Å². The van der Waals surface area contributed by atoms with Gasteiger partial charge in [0.2, 0.25) is 5.91 Å². The Labute approximate surface area is 172 Å². The summed E-state index contributed by atoms with van der Waals surface area (Å²) in [6, 6.07) is 17.2. The van der Waals surface area contributed by atoms with Crippen LogP contribution in [0.4, 0.5) is 0 Å². The number of carbonyl (C=O) groups excluding carboxylic acids is 1. The molecule has 2 aromatic carbocycles. The topological polar surface area (TPSA) is 73.6 Å². The van der Waals surface area contributed by atoms with Crippen molar-refractivity contribution in [1.82, 2.24) is 10.3 Å². The van der Waals surface area contributed by atoms with Gasteiger partial charge in [-0.15, -0.1) is 11.3 Å². The third-order valence-corrected chi connectivity index (χ3v) is 5.49. The number of rotatable bonds is 7. The molecule has 1 amide bonds. The van der Waals surface area contributed by atoms with Gasteiger partial charge in [0.1, 0.15) is 5.76 Å². The van der Waals surface area contributed by atoms with Crippen LogP contribution in [0.15, 0.2) is 59.0 Å². The van der Waals surface area contributed by atoms with Crippen LogP contribution in [0.3, 0.4) is 0 Å². The van der Waals surface area contributed by atoms with Crippen LogP contribution in [-0.4, -0.2) is 25.1 Å². The average Bonchev–Trinajstić information content (AvgIpc) is 3.39. The number of methoxy groups -OCH3 is 2. The monoisotopic (exact) mass is 408 g/mol. The van der Waals surface area contributed by atoms with Crippen LogP contribution in [0, 0.1) is 0 Å². The standard InChI is InChI=1S/C22H20N2O4S/c1-26-17-9-7-14(11-19(17)27-2)12-21(25)23-13-15-8-10-18(28-15)22-24-16-5-3-4-6-20(16)29-22/h3-11H,12-13H2,1-2H3,(H,23,25). The largest absolute Gasteiger partial charge is 0.493 e. The van der Waals surface area contributed by atoms with Gasteiger partial charge in [-0.3, -0.25) is 4.79 Å². The summed E-state index contributed by atoms with van der Waals surface area (Å²) in [4.78, 5) is 16.9. The van der Waals surface area contributed by atoms with Crippen LogP contribution < -0.4 is 14.8 Å². The van der Waals surface area contributed by atoms with Crippen molar-refractivity contribution in [1.29, 1.82) is 0 Å². The van der Waals surface area contributed by atoms with E-state index in [2.05, 4.69) is 10.3 Å².